The first kappa shape index (κ1) is 14.8. The van der Waals surface area contributed by atoms with E-state index in [0.29, 0.717) is 5.69 Å². The second-order valence-corrected chi connectivity index (χ2v) is 4.06. The molecule has 0 aromatic heterocycles. The Balaban J connectivity index is 2.34. The van der Waals surface area contributed by atoms with Crippen molar-refractivity contribution in [3.05, 3.63) is 29.8 Å². The van der Waals surface area contributed by atoms with Crippen molar-refractivity contribution in [2.24, 2.45) is 0 Å². The van der Waals surface area contributed by atoms with Crippen molar-refractivity contribution in [2.45, 2.75) is 20.0 Å². The number of alkyl carbamates (subject to hydrolysis) is 1. The number of carbonyl (C=O) groups is 2. The summed E-state index contributed by atoms with van der Waals surface area (Å²) >= 11 is 0. The summed E-state index contributed by atoms with van der Waals surface area (Å²) in [7, 11) is 1.46. The Kier molecular flexibility index (Phi) is 5.66. The maximum Gasteiger partial charge on any atom is 0.411 e. The maximum absolute atomic E-state index is 11.5. The van der Waals surface area contributed by atoms with Gasteiger partial charge in [-0.2, -0.15) is 0 Å². The highest BCUT2D eigenvalue weighted by Crippen LogP contribution is 2.09. The zero-order valence-electron chi connectivity index (χ0n) is 11.2. The Morgan fingerprint density at radius 2 is 2.05 bits per heavy atom. The normalized spacial score (nSPS) is 11.3. The molecular weight excluding hydrogens is 248 g/mol. The molecule has 19 heavy (non-hydrogen) atoms. The van der Waals surface area contributed by atoms with Crippen LogP contribution in [0.4, 0.5) is 15.3 Å². The van der Waals surface area contributed by atoms with Crippen LogP contribution < -0.4 is 10.6 Å². The molecule has 1 aromatic carbocycles. The van der Waals surface area contributed by atoms with Crippen LogP contribution in [0.25, 0.3) is 0 Å². The van der Waals surface area contributed by atoms with Crippen molar-refractivity contribution in [2.75, 3.05) is 19.0 Å². The predicted molar refractivity (Wildman–Crippen MR) is 71.2 cm³/mol. The van der Waals surface area contributed by atoms with Gasteiger partial charge in [-0.05, 0) is 31.5 Å². The molecule has 0 aliphatic carbocycles. The van der Waals surface area contributed by atoms with E-state index in [1.807, 2.05) is 25.1 Å². The first-order valence-electron chi connectivity index (χ1n) is 5.90. The SMILES string of the molecule is CNC(=O)OC(C)COC(=O)Nc1cccc(C)c1. The Hall–Kier alpha value is -2.24. The van der Waals surface area contributed by atoms with Gasteiger partial charge in [-0.25, -0.2) is 9.59 Å². The lowest BCUT2D eigenvalue weighted by Gasteiger charge is -2.13. The highest BCUT2D eigenvalue weighted by Gasteiger charge is 2.11. The van der Waals surface area contributed by atoms with Crippen LogP contribution in [0.3, 0.4) is 0 Å². The number of hydrogen-bond donors (Lipinski definition) is 2. The third kappa shape index (κ3) is 5.76. The second-order valence-electron chi connectivity index (χ2n) is 4.06. The summed E-state index contributed by atoms with van der Waals surface area (Å²) in [6, 6.07) is 7.35. The van der Waals surface area contributed by atoms with Crippen LogP contribution in [-0.2, 0) is 9.47 Å². The minimum Gasteiger partial charge on any atom is -0.445 e. The number of amides is 2. The zero-order valence-corrected chi connectivity index (χ0v) is 11.2. The predicted octanol–water partition coefficient (Wildman–Crippen LogP) is 2.29. The maximum atomic E-state index is 11.5. The average Bonchev–Trinajstić information content (AvgIpc) is 2.36. The molecule has 1 atom stereocenters. The highest BCUT2D eigenvalue weighted by molar-refractivity contribution is 5.84. The van der Waals surface area contributed by atoms with E-state index in [1.165, 1.54) is 7.05 Å². The molecule has 0 radical (unpaired) electrons. The fourth-order valence-corrected chi connectivity index (χ4v) is 1.35. The molecule has 2 N–H and O–H groups in total. The van der Waals surface area contributed by atoms with E-state index in [-0.39, 0.29) is 6.61 Å². The molecule has 6 nitrogen and oxygen atoms in total. The number of benzene rings is 1. The standard InChI is InChI=1S/C13H18N2O4/c1-9-5-4-6-11(7-9)15-13(17)18-8-10(2)19-12(16)14-3/h4-7,10H,8H2,1-3H3,(H,14,16)(H,15,17). The summed E-state index contributed by atoms with van der Waals surface area (Å²) in [6.07, 6.45) is -1.66. The molecule has 0 saturated carbocycles. The topological polar surface area (TPSA) is 76.7 Å². The summed E-state index contributed by atoms with van der Waals surface area (Å²) in [5, 5.41) is 4.90. The van der Waals surface area contributed by atoms with Crippen molar-refractivity contribution in [1.82, 2.24) is 5.32 Å². The van der Waals surface area contributed by atoms with Crippen molar-refractivity contribution < 1.29 is 19.1 Å². The third-order valence-electron chi connectivity index (χ3n) is 2.23. The Morgan fingerprint density at radius 1 is 1.32 bits per heavy atom. The summed E-state index contributed by atoms with van der Waals surface area (Å²) < 4.78 is 9.80. The van der Waals surface area contributed by atoms with Gasteiger partial charge in [0.15, 0.2) is 0 Å². The number of carbonyl (C=O) groups excluding carboxylic acids is 2. The summed E-state index contributed by atoms with van der Waals surface area (Å²) in [6.45, 7) is 3.55. The molecule has 0 spiro atoms. The number of ether oxygens (including phenoxy) is 2. The van der Waals surface area contributed by atoms with Gasteiger partial charge < -0.3 is 14.8 Å². The van der Waals surface area contributed by atoms with Crippen LogP contribution in [0, 0.1) is 6.92 Å². The molecule has 6 heteroatoms. The molecule has 2 amide bonds. The van der Waals surface area contributed by atoms with Crippen molar-refractivity contribution in [3.8, 4) is 0 Å². The summed E-state index contributed by atoms with van der Waals surface area (Å²) in [5.41, 5.74) is 1.69. The molecule has 0 fully saturated rings. The van der Waals surface area contributed by atoms with Gasteiger partial charge in [-0.15, -0.1) is 0 Å². The number of rotatable bonds is 4. The molecule has 0 aliphatic heterocycles. The van der Waals surface area contributed by atoms with Crippen molar-refractivity contribution >= 4 is 17.9 Å². The van der Waals surface area contributed by atoms with E-state index < -0.39 is 18.3 Å². The van der Waals surface area contributed by atoms with Crippen LogP contribution in [0.1, 0.15) is 12.5 Å². The number of anilines is 1. The molecule has 104 valence electrons. The Morgan fingerprint density at radius 3 is 2.68 bits per heavy atom. The van der Waals surface area contributed by atoms with Gasteiger partial charge in [0.05, 0.1) is 0 Å². The molecule has 0 saturated heterocycles. The van der Waals surface area contributed by atoms with Gasteiger partial charge in [0, 0.05) is 12.7 Å². The Labute approximate surface area is 112 Å². The van der Waals surface area contributed by atoms with Crippen molar-refractivity contribution in [3.63, 3.8) is 0 Å². The lowest BCUT2D eigenvalue weighted by atomic mass is 10.2. The van der Waals surface area contributed by atoms with E-state index in [1.54, 1.807) is 13.0 Å². The van der Waals surface area contributed by atoms with Crippen LogP contribution in [0.2, 0.25) is 0 Å². The van der Waals surface area contributed by atoms with Crippen LogP contribution in [0.15, 0.2) is 24.3 Å². The summed E-state index contributed by atoms with van der Waals surface area (Å²) in [5.74, 6) is 0. The van der Waals surface area contributed by atoms with E-state index in [4.69, 9.17) is 9.47 Å². The van der Waals surface area contributed by atoms with Crippen LogP contribution in [-0.4, -0.2) is 31.9 Å². The lowest BCUT2D eigenvalue weighted by molar-refractivity contribution is 0.0586. The number of nitrogens with one attached hydrogen (secondary N) is 2. The fraction of sp³-hybridized carbons (Fsp3) is 0.385. The first-order chi connectivity index (χ1) is 9.01. The van der Waals surface area contributed by atoms with Gasteiger partial charge in [-0.3, -0.25) is 5.32 Å². The quantitative estimate of drug-likeness (QED) is 0.876. The highest BCUT2D eigenvalue weighted by atomic mass is 16.6. The largest absolute Gasteiger partial charge is 0.445 e. The summed E-state index contributed by atoms with van der Waals surface area (Å²) in [4.78, 5) is 22.4. The van der Waals surface area contributed by atoms with E-state index in [9.17, 15) is 9.59 Å². The molecule has 1 unspecified atom stereocenters. The van der Waals surface area contributed by atoms with Gasteiger partial charge in [0.2, 0.25) is 0 Å². The van der Waals surface area contributed by atoms with E-state index in [0.717, 1.165) is 5.56 Å². The number of hydrogen-bond acceptors (Lipinski definition) is 4. The van der Waals surface area contributed by atoms with E-state index in [2.05, 4.69) is 10.6 Å². The minimum absolute atomic E-state index is 0.00886. The second kappa shape index (κ2) is 7.25. The van der Waals surface area contributed by atoms with Gasteiger partial charge in [-0.1, -0.05) is 12.1 Å². The smallest absolute Gasteiger partial charge is 0.411 e. The molecule has 0 aliphatic rings. The monoisotopic (exact) mass is 266 g/mol. The third-order valence-corrected chi connectivity index (χ3v) is 2.23. The molecular formula is C13H18N2O4. The molecule has 1 aromatic rings. The molecule has 0 bridgehead atoms. The zero-order chi connectivity index (χ0) is 14.3. The van der Waals surface area contributed by atoms with Gasteiger partial charge in [0.1, 0.15) is 12.7 Å². The average molecular weight is 266 g/mol. The van der Waals surface area contributed by atoms with Gasteiger partial charge in [0.25, 0.3) is 0 Å². The van der Waals surface area contributed by atoms with E-state index >= 15 is 0 Å². The molecule has 0 heterocycles. The fourth-order valence-electron chi connectivity index (χ4n) is 1.35. The van der Waals surface area contributed by atoms with Crippen molar-refractivity contribution in [1.29, 1.82) is 0 Å². The first-order valence-corrected chi connectivity index (χ1v) is 5.90. The minimum atomic E-state index is -0.585. The Bertz CT molecular complexity index is 448. The van der Waals surface area contributed by atoms with Gasteiger partial charge >= 0.3 is 12.2 Å². The molecule has 1 rings (SSSR count). The lowest BCUT2D eigenvalue weighted by Crippen LogP contribution is -2.28. The number of aryl methyl sites for hydroxylation is 1. The van der Waals surface area contributed by atoms with Crippen LogP contribution in [0.5, 0.6) is 0 Å². The van der Waals surface area contributed by atoms with Crippen LogP contribution >= 0.6 is 0 Å².